The van der Waals surface area contributed by atoms with Crippen LogP contribution in [0, 0.1) is 0 Å². The number of rotatable bonds is 2. The zero-order chi connectivity index (χ0) is 16.5. The number of sulfone groups is 2. The number of benzene rings is 1. The first kappa shape index (κ1) is 16.7. The van der Waals surface area contributed by atoms with Gasteiger partial charge in [0.25, 0.3) is 0 Å². The Labute approximate surface area is 138 Å². The molecule has 0 N–H and O–H groups in total. The summed E-state index contributed by atoms with van der Waals surface area (Å²) in [6, 6.07) is 7.43. The van der Waals surface area contributed by atoms with Crippen LogP contribution in [0.5, 0.6) is 0 Å². The van der Waals surface area contributed by atoms with Gasteiger partial charge in [-0.3, -0.25) is 0 Å². The molecule has 0 spiro atoms. The zero-order valence-electron chi connectivity index (χ0n) is 13.1. The van der Waals surface area contributed by atoms with Crippen molar-refractivity contribution in [2.24, 2.45) is 0 Å². The van der Waals surface area contributed by atoms with Crippen molar-refractivity contribution in [3.63, 3.8) is 0 Å². The van der Waals surface area contributed by atoms with Crippen LogP contribution < -0.4 is 0 Å². The minimum absolute atomic E-state index is 0.0507. The van der Waals surface area contributed by atoms with Crippen LogP contribution in [-0.4, -0.2) is 28.3 Å². The molecule has 0 saturated heterocycles. The molecule has 1 aliphatic heterocycles. The lowest BCUT2D eigenvalue weighted by Crippen LogP contribution is -2.08. The highest BCUT2D eigenvalue weighted by atomic mass is 32.2. The molecular formula is C17H22O4S2. The molecule has 0 atom stereocenters. The van der Waals surface area contributed by atoms with Gasteiger partial charge in [0.05, 0.1) is 16.4 Å². The average Bonchev–Trinajstić information content (AvgIpc) is 2.64. The topological polar surface area (TPSA) is 68.3 Å². The van der Waals surface area contributed by atoms with Gasteiger partial charge in [0, 0.05) is 5.41 Å². The van der Waals surface area contributed by atoms with Gasteiger partial charge in [0.15, 0.2) is 19.7 Å². The third-order valence-electron chi connectivity index (χ3n) is 4.74. The zero-order valence-corrected chi connectivity index (χ0v) is 14.7. The molecule has 23 heavy (non-hydrogen) atoms. The Hall–Kier alpha value is -1.14. The van der Waals surface area contributed by atoms with E-state index in [1.54, 1.807) is 12.1 Å². The fourth-order valence-corrected chi connectivity index (χ4v) is 7.03. The molecule has 0 unspecified atom stereocenters. The number of hydrogen-bond acceptors (Lipinski definition) is 4. The molecule has 4 nitrogen and oxygen atoms in total. The summed E-state index contributed by atoms with van der Waals surface area (Å²) < 4.78 is 48.5. The van der Waals surface area contributed by atoms with Crippen LogP contribution in [0.15, 0.2) is 29.7 Å². The van der Waals surface area contributed by atoms with E-state index in [4.69, 9.17) is 0 Å². The third-order valence-corrected chi connectivity index (χ3v) is 8.19. The highest BCUT2D eigenvalue weighted by Crippen LogP contribution is 2.34. The Morgan fingerprint density at radius 2 is 1.43 bits per heavy atom. The fourth-order valence-electron chi connectivity index (χ4n) is 3.46. The molecule has 0 aromatic heterocycles. The maximum Gasteiger partial charge on any atom is 0.179 e. The van der Waals surface area contributed by atoms with Gasteiger partial charge >= 0.3 is 0 Å². The van der Waals surface area contributed by atoms with Crippen molar-refractivity contribution < 1.29 is 16.8 Å². The molecule has 126 valence electrons. The molecule has 6 heteroatoms. The van der Waals surface area contributed by atoms with E-state index < -0.39 is 19.7 Å². The summed E-state index contributed by atoms with van der Waals surface area (Å²) in [6.07, 6.45) is 6.28. The molecule has 1 aromatic carbocycles. The van der Waals surface area contributed by atoms with Crippen LogP contribution >= 0.6 is 0 Å². The van der Waals surface area contributed by atoms with Gasteiger partial charge in [-0.15, -0.1) is 0 Å². The van der Waals surface area contributed by atoms with Gasteiger partial charge in [-0.2, -0.15) is 0 Å². The summed E-state index contributed by atoms with van der Waals surface area (Å²) in [5.41, 5.74) is 1.71. The molecule has 1 fully saturated rings. The Balaban J connectivity index is 1.95. The molecule has 1 heterocycles. The first-order valence-electron chi connectivity index (χ1n) is 8.15. The highest BCUT2D eigenvalue weighted by Gasteiger charge is 2.27. The lowest BCUT2D eigenvalue weighted by molar-refractivity contribution is 0.443. The fraction of sp³-hybridized carbons (Fsp3) is 0.529. The van der Waals surface area contributed by atoms with E-state index in [0.29, 0.717) is 11.5 Å². The third kappa shape index (κ3) is 3.86. The second kappa shape index (κ2) is 6.40. The molecule has 0 radical (unpaired) electrons. The van der Waals surface area contributed by atoms with Crippen molar-refractivity contribution in [2.45, 2.75) is 44.4 Å². The largest absolute Gasteiger partial charge is 0.224 e. The standard InChI is InChI=1S/C17H22O4S2/c18-22(19)11-4-12-23(20,21)17(13-22)16-9-7-15(8-10-16)14-5-2-1-3-6-14/h7-10,13-14H,1-6,11-12H2. The Kier molecular flexibility index (Phi) is 4.65. The second-order valence-electron chi connectivity index (χ2n) is 6.48. The Bertz CT molecular complexity index is 797. The van der Waals surface area contributed by atoms with Gasteiger partial charge in [-0.1, -0.05) is 43.5 Å². The lowest BCUT2D eigenvalue weighted by atomic mass is 9.84. The van der Waals surface area contributed by atoms with Crippen molar-refractivity contribution in [1.29, 1.82) is 0 Å². The van der Waals surface area contributed by atoms with E-state index in [1.807, 2.05) is 12.1 Å². The number of hydrogen-bond donors (Lipinski definition) is 0. The average molecular weight is 354 g/mol. The summed E-state index contributed by atoms with van der Waals surface area (Å²) in [7, 11) is -7.00. The van der Waals surface area contributed by atoms with Crippen LogP contribution in [0.1, 0.15) is 55.6 Å². The highest BCUT2D eigenvalue weighted by molar-refractivity contribution is 8.03. The van der Waals surface area contributed by atoms with E-state index in [9.17, 15) is 16.8 Å². The van der Waals surface area contributed by atoms with Crippen molar-refractivity contribution in [3.8, 4) is 0 Å². The van der Waals surface area contributed by atoms with E-state index in [2.05, 4.69) is 0 Å². The molecule has 1 aromatic rings. The molecule has 1 aliphatic carbocycles. The Morgan fingerprint density at radius 3 is 2.09 bits per heavy atom. The molecule has 3 rings (SSSR count). The maximum atomic E-state index is 12.3. The van der Waals surface area contributed by atoms with E-state index in [-0.39, 0.29) is 22.8 Å². The Morgan fingerprint density at radius 1 is 0.783 bits per heavy atom. The molecule has 1 saturated carbocycles. The SMILES string of the molecule is O=S1(=O)C=C(c2ccc(C3CCCCC3)cc2)S(=O)(=O)CCC1. The maximum absolute atomic E-state index is 12.3. The normalized spacial score (nSPS) is 24.6. The predicted molar refractivity (Wildman–Crippen MR) is 92.4 cm³/mol. The predicted octanol–water partition coefficient (Wildman–Crippen LogP) is 3.27. The van der Waals surface area contributed by atoms with Crippen molar-refractivity contribution >= 4 is 24.6 Å². The lowest BCUT2D eigenvalue weighted by Gasteiger charge is -2.22. The first-order valence-corrected chi connectivity index (χ1v) is 11.5. The summed E-state index contributed by atoms with van der Waals surface area (Å²) in [5, 5.41) is 0.949. The second-order valence-corrected chi connectivity index (χ2v) is 10.5. The van der Waals surface area contributed by atoms with Crippen LogP contribution in [0.2, 0.25) is 0 Å². The quantitative estimate of drug-likeness (QED) is 0.817. The van der Waals surface area contributed by atoms with Gasteiger partial charge in [0.1, 0.15) is 0 Å². The summed E-state index contributed by atoms with van der Waals surface area (Å²) in [5.74, 6) is 0.333. The van der Waals surface area contributed by atoms with Crippen molar-refractivity contribution in [1.82, 2.24) is 0 Å². The van der Waals surface area contributed by atoms with Crippen LogP contribution in [-0.2, 0) is 19.7 Å². The van der Waals surface area contributed by atoms with Gasteiger partial charge < -0.3 is 0 Å². The van der Waals surface area contributed by atoms with Crippen LogP contribution in [0.3, 0.4) is 0 Å². The van der Waals surface area contributed by atoms with Gasteiger partial charge in [-0.05, 0) is 36.3 Å². The first-order chi connectivity index (χ1) is 10.9. The minimum atomic E-state index is -3.54. The molecule has 0 amide bonds. The monoisotopic (exact) mass is 354 g/mol. The summed E-state index contributed by atoms with van der Waals surface area (Å²) in [4.78, 5) is -0.0507. The van der Waals surface area contributed by atoms with E-state index in [0.717, 1.165) is 5.41 Å². The molecule has 2 aliphatic rings. The molecule has 0 bridgehead atoms. The van der Waals surface area contributed by atoms with E-state index in [1.165, 1.54) is 37.7 Å². The smallest absolute Gasteiger partial charge is 0.179 e. The van der Waals surface area contributed by atoms with Gasteiger partial charge in [0.2, 0.25) is 0 Å². The summed E-state index contributed by atoms with van der Waals surface area (Å²) in [6.45, 7) is 0. The van der Waals surface area contributed by atoms with Gasteiger partial charge in [-0.25, -0.2) is 16.8 Å². The van der Waals surface area contributed by atoms with Crippen LogP contribution in [0.25, 0.3) is 4.91 Å². The van der Waals surface area contributed by atoms with Crippen LogP contribution in [0.4, 0.5) is 0 Å². The molecular weight excluding hydrogens is 332 g/mol. The summed E-state index contributed by atoms with van der Waals surface area (Å²) >= 11 is 0. The minimum Gasteiger partial charge on any atom is -0.224 e. The van der Waals surface area contributed by atoms with E-state index >= 15 is 0 Å². The van der Waals surface area contributed by atoms with Crippen molar-refractivity contribution in [3.05, 3.63) is 40.8 Å². The van der Waals surface area contributed by atoms with Crippen molar-refractivity contribution in [2.75, 3.05) is 11.5 Å².